The fourth-order valence-corrected chi connectivity index (χ4v) is 4.52. The largest absolute Gasteiger partial charge is 0.468 e. The van der Waals surface area contributed by atoms with Gasteiger partial charge in [0.25, 0.3) is 0 Å². The molecule has 2 N–H and O–H groups in total. The van der Waals surface area contributed by atoms with Gasteiger partial charge in [0.2, 0.25) is 0 Å². The zero-order valence-electron chi connectivity index (χ0n) is 16.5. The molecule has 2 aromatic carbocycles. The van der Waals surface area contributed by atoms with Crippen LogP contribution in [0.25, 0.3) is 0 Å². The predicted octanol–water partition coefficient (Wildman–Crippen LogP) is 2.41. The third-order valence-electron chi connectivity index (χ3n) is 4.57. The van der Waals surface area contributed by atoms with Crippen LogP contribution in [-0.2, 0) is 25.8 Å². The molecular formula is C22H21FN2O5S. The highest BCUT2D eigenvalue weighted by Gasteiger charge is 2.32. The Balaban J connectivity index is 1.63. The van der Waals surface area contributed by atoms with E-state index in [9.17, 15) is 22.4 Å². The summed E-state index contributed by atoms with van der Waals surface area (Å²) in [5, 5.41) is 3.56. The Morgan fingerprint density at radius 1 is 0.903 bits per heavy atom. The van der Waals surface area contributed by atoms with E-state index in [0.717, 1.165) is 29.8 Å². The van der Waals surface area contributed by atoms with Crippen LogP contribution in [-0.4, -0.2) is 33.3 Å². The summed E-state index contributed by atoms with van der Waals surface area (Å²) in [6, 6.07) is 16.7. The molecular weight excluding hydrogens is 423 g/mol. The summed E-state index contributed by atoms with van der Waals surface area (Å²) in [4.78, 5) is 24.1. The van der Waals surface area contributed by atoms with Gasteiger partial charge in [0.15, 0.2) is 9.84 Å². The van der Waals surface area contributed by atoms with Crippen molar-refractivity contribution < 1.29 is 26.8 Å². The van der Waals surface area contributed by atoms with Gasteiger partial charge in [0, 0.05) is 13.1 Å². The Morgan fingerprint density at radius 2 is 1.58 bits per heavy atom. The molecule has 0 saturated carbocycles. The third-order valence-corrected chi connectivity index (χ3v) is 6.65. The normalized spacial score (nSPS) is 12.2. The van der Waals surface area contributed by atoms with Crippen molar-refractivity contribution in [2.45, 2.75) is 16.6 Å². The summed E-state index contributed by atoms with van der Waals surface area (Å²) in [5.74, 6) is -2.31. The molecule has 0 saturated heterocycles. The molecule has 3 rings (SSSR count). The standard InChI is InChI=1S/C22H21FN2O5S/c23-17-8-10-18(11-9-17)31(28,29)20(19-7-4-14-30-19)15-25-22(27)21(26)24-13-12-16-5-2-1-3-6-16/h1-11,14,20H,12-13,15H2,(H,24,26)(H,25,27)/t20-/m1/s1. The maximum atomic E-state index is 13.2. The van der Waals surface area contributed by atoms with Gasteiger partial charge in [-0.2, -0.15) is 0 Å². The second-order valence-corrected chi connectivity index (χ2v) is 8.83. The molecule has 3 aromatic rings. The minimum absolute atomic E-state index is 0.0918. The number of rotatable bonds is 8. The number of hydrogen-bond donors (Lipinski definition) is 2. The number of hydrogen-bond acceptors (Lipinski definition) is 5. The van der Waals surface area contributed by atoms with Gasteiger partial charge in [-0.15, -0.1) is 0 Å². The van der Waals surface area contributed by atoms with Crippen LogP contribution >= 0.6 is 0 Å². The van der Waals surface area contributed by atoms with Crippen molar-refractivity contribution in [1.82, 2.24) is 10.6 Å². The zero-order valence-corrected chi connectivity index (χ0v) is 17.3. The summed E-state index contributed by atoms with van der Waals surface area (Å²) >= 11 is 0. The monoisotopic (exact) mass is 444 g/mol. The molecule has 1 aromatic heterocycles. The number of carbonyl (C=O) groups is 2. The van der Waals surface area contributed by atoms with E-state index in [0.29, 0.717) is 6.42 Å². The summed E-state index contributed by atoms with van der Waals surface area (Å²) in [6.07, 6.45) is 1.86. The number of sulfone groups is 1. The lowest BCUT2D eigenvalue weighted by atomic mass is 10.1. The van der Waals surface area contributed by atoms with Crippen molar-refractivity contribution in [2.24, 2.45) is 0 Å². The van der Waals surface area contributed by atoms with Crippen molar-refractivity contribution >= 4 is 21.7 Å². The molecule has 1 atom stereocenters. The summed E-state index contributed by atoms with van der Waals surface area (Å²) in [5.41, 5.74) is 1.01. The molecule has 162 valence electrons. The van der Waals surface area contributed by atoms with Crippen LogP contribution in [0.3, 0.4) is 0 Å². The topological polar surface area (TPSA) is 105 Å². The molecule has 0 radical (unpaired) electrons. The first-order valence-corrected chi connectivity index (χ1v) is 11.1. The number of nitrogens with one attached hydrogen (secondary N) is 2. The maximum Gasteiger partial charge on any atom is 0.309 e. The number of carbonyl (C=O) groups excluding carboxylic acids is 2. The van der Waals surface area contributed by atoms with E-state index in [2.05, 4.69) is 10.6 Å². The zero-order chi connectivity index (χ0) is 22.3. The molecule has 0 aliphatic carbocycles. The summed E-state index contributed by atoms with van der Waals surface area (Å²) in [6.45, 7) is -0.135. The Kier molecular flexibility index (Phi) is 7.19. The summed E-state index contributed by atoms with van der Waals surface area (Å²) < 4.78 is 44.5. The molecule has 0 aliphatic rings. The van der Waals surface area contributed by atoms with Crippen LogP contribution < -0.4 is 10.6 Å². The highest BCUT2D eigenvalue weighted by molar-refractivity contribution is 7.91. The van der Waals surface area contributed by atoms with Crippen molar-refractivity contribution in [2.75, 3.05) is 13.1 Å². The van der Waals surface area contributed by atoms with Gasteiger partial charge in [-0.1, -0.05) is 30.3 Å². The van der Waals surface area contributed by atoms with Crippen molar-refractivity contribution in [3.05, 3.63) is 90.1 Å². The van der Waals surface area contributed by atoms with Crippen molar-refractivity contribution in [3.8, 4) is 0 Å². The molecule has 0 unspecified atom stereocenters. The highest BCUT2D eigenvalue weighted by atomic mass is 32.2. The van der Waals surface area contributed by atoms with Gasteiger partial charge in [0.1, 0.15) is 16.8 Å². The van der Waals surface area contributed by atoms with Crippen LogP contribution in [0.5, 0.6) is 0 Å². The Morgan fingerprint density at radius 3 is 2.23 bits per heavy atom. The minimum atomic E-state index is -4.02. The van der Waals surface area contributed by atoms with E-state index >= 15 is 0 Å². The first-order chi connectivity index (χ1) is 14.9. The fourth-order valence-electron chi connectivity index (χ4n) is 2.94. The Labute approximate surface area is 179 Å². The van der Waals surface area contributed by atoms with Gasteiger partial charge >= 0.3 is 11.8 Å². The minimum Gasteiger partial charge on any atom is -0.468 e. The average Bonchev–Trinajstić information content (AvgIpc) is 3.29. The lowest BCUT2D eigenvalue weighted by molar-refractivity contribution is -0.139. The second-order valence-electron chi connectivity index (χ2n) is 6.70. The fraction of sp³-hybridized carbons (Fsp3) is 0.182. The number of halogens is 1. The molecule has 0 spiro atoms. The number of furan rings is 1. The van der Waals surface area contributed by atoms with Gasteiger partial charge in [-0.3, -0.25) is 9.59 Å². The van der Waals surface area contributed by atoms with Crippen LogP contribution in [0.2, 0.25) is 0 Å². The maximum absolute atomic E-state index is 13.2. The van der Waals surface area contributed by atoms with E-state index in [4.69, 9.17) is 4.42 Å². The quantitative estimate of drug-likeness (QED) is 0.410. The molecule has 1 heterocycles. The Bertz CT molecular complexity index is 1110. The van der Waals surface area contributed by atoms with E-state index in [1.54, 1.807) is 0 Å². The van der Waals surface area contributed by atoms with Crippen molar-refractivity contribution in [1.29, 1.82) is 0 Å². The lowest BCUT2D eigenvalue weighted by Crippen LogP contribution is -2.42. The number of amides is 2. The number of benzene rings is 2. The SMILES string of the molecule is O=C(NCCc1ccccc1)C(=O)NC[C@H](c1ccco1)S(=O)(=O)c1ccc(F)cc1. The van der Waals surface area contributed by atoms with E-state index < -0.39 is 39.3 Å². The van der Waals surface area contributed by atoms with E-state index in [1.165, 1.54) is 18.4 Å². The van der Waals surface area contributed by atoms with E-state index in [-0.39, 0.29) is 17.2 Å². The molecule has 9 heteroatoms. The van der Waals surface area contributed by atoms with Crippen LogP contribution in [0.4, 0.5) is 4.39 Å². The Hall–Kier alpha value is -3.46. The molecule has 0 bridgehead atoms. The first-order valence-electron chi connectivity index (χ1n) is 9.51. The highest BCUT2D eigenvalue weighted by Crippen LogP contribution is 2.29. The molecule has 7 nitrogen and oxygen atoms in total. The van der Waals surface area contributed by atoms with Gasteiger partial charge < -0.3 is 15.1 Å². The van der Waals surface area contributed by atoms with Crippen molar-refractivity contribution in [3.63, 3.8) is 0 Å². The third kappa shape index (κ3) is 5.79. The van der Waals surface area contributed by atoms with Gasteiger partial charge in [0.05, 0.1) is 11.2 Å². The molecule has 0 fully saturated rings. The second kappa shape index (κ2) is 10.0. The average molecular weight is 444 g/mol. The molecule has 2 amide bonds. The first kappa shape index (κ1) is 22.2. The lowest BCUT2D eigenvalue weighted by Gasteiger charge is -2.16. The van der Waals surface area contributed by atoms with Gasteiger partial charge in [-0.25, -0.2) is 12.8 Å². The summed E-state index contributed by atoms with van der Waals surface area (Å²) in [7, 11) is -4.02. The van der Waals surface area contributed by atoms with E-state index in [1.807, 2.05) is 30.3 Å². The van der Waals surface area contributed by atoms with Crippen LogP contribution in [0.1, 0.15) is 16.6 Å². The van der Waals surface area contributed by atoms with Gasteiger partial charge in [-0.05, 0) is 48.4 Å². The van der Waals surface area contributed by atoms with Crippen LogP contribution in [0.15, 0.2) is 82.3 Å². The molecule has 31 heavy (non-hydrogen) atoms. The smallest absolute Gasteiger partial charge is 0.309 e. The predicted molar refractivity (Wildman–Crippen MR) is 111 cm³/mol. The molecule has 0 aliphatic heterocycles. The van der Waals surface area contributed by atoms with Crippen LogP contribution in [0, 0.1) is 5.82 Å².